The molecule has 1 amide bonds. The highest BCUT2D eigenvalue weighted by Gasteiger charge is 2.12. The molecule has 1 heterocycles. The summed E-state index contributed by atoms with van der Waals surface area (Å²) >= 11 is 2.20. The molecule has 0 atom stereocenters. The molecule has 1 aromatic heterocycles. The first-order valence-electron chi connectivity index (χ1n) is 6.00. The average molecular weight is 366 g/mol. The van der Waals surface area contributed by atoms with Crippen molar-refractivity contribution in [2.75, 3.05) is 5.32 Å². The highest BCUT2D eigenvalue weighted by atomic mass is 127. The number of amides is 1. The van der Waals surface area contributed by atoms with Gasteiger partial charge in [-0.15, -0.1) is 0 Å². The maximum atomic E-state index is 12.3. The zero-order valence-electron chi connectivity index (χ0n) is 11.1. The van der Waals surface area contributed by atoms with Gasteiger partial charge in [-0.3, -0.25) is 9.78 Å². The lowest BCUT2D eigenvalue weighted by atomic mass is 10.1. The lowest BCUT2D eigenvalue weighted by Crippen LogP contribution is -2.15. The number of rotatable bonds is 2. The number of aryl methyl sites for hydroxylation is 3. The fraction of sp³-hybridized carbons (Fsp3) is 0.200. The van der Waals surface area contributed by atoms with Crippen LogP contribution in [-0.2, 0) is 0 Å². The number of anilines is 1. The first-order chi connectivity index (χ1) is 8.99. The summed E-state index contributed by atoms with van der Waals surface area (Å²) in [6, 6.07) is 9.51. The molecule has 0 saturated heterocycles. The molecular formula is C15H15IN2O. The van der Waals surface area contributed by atoms with Crippen molar-refractivity contribution >= 4 is 34.2 Å². The molecule has 0 fully saturated rings. The van der Waals surface area contributed by atoms with Crippen molar-refractivity contribution in [2.24, 2.45) is 0 Å². The van der Waals surface area contributed by atoms with Crippen molar-refractivity contribution in [3.8, 4) is 0 Å². The third kappa shape index (κ3) is 3.12. The lowest BCUT2D eigenvalue weighted by Gasteiger charge is -2.10. The minimum Gasteiger partial charge on any atom is -0.320 e. The Labute approximate surface area is 126 Å². The molecule has 1 N–H and O–H groups in total. The van der Waals surface area contributed by atoms with Gasteiger partial charge in [0.15, 0.2) is 0 Å². The van der Waals surface area contributed by atoms with Gasteiger partial charge in [-0.2, -0.15) is 0 Å². The number of hydrogen-bond acceptors (Lipinski definition) is 2. The first kappa shape index (κ1) is 14.0. The van der Waals surface area contributed by atoms with E-state index in [0.717, 1.165) is 26.2 Å². The van der Waals surface area contributed by atoms with E-state index < -0.39 is 0 Å². The molecule has 4 heteroatoms. The first-order valence-corrected chi connectivity index (χ1v) is 7.07. The number of pyridine rings is 1. The van der Waals surface area contributed by atoms with Gasteiger partial charge in [0.1, 0.15) is 0 Å². The van der Waals surface area contributed by atoms with Crippen LogP contribution < -0.4 is 5.32 Å². The summed E-state index contributed by atoms with van der Waals surface area (Å²) in [5.41, 5.74) is 4.33. The predicted octanol–water partition coefficient (Wildman–Crippen LogP) is 3.86. The zero-order chi connectivity index (χ0) is 14.0. The zero-order valence-corrected chi connectivity index (χ0v) is 13.3. The molecular weight excluding hydrogens is 351 g/mol. The second kappa shape index (κ2) is 5.69. The number of halogens is 1. The topological polar surface area (TPSA) is 42.0 Å². The third-order valence-corrected chi connectivity index (χ3v) is 4.34. The summed E-state index contributed by atoms with van der Waals surface area (Å²) in [5.74, 6) is -0.0955. The quantitative estimate of drug-likeness (QED) is 0.821. The lowest BCUT2D eigenvalue weighted by molar-refractivity contribution is 0.102. The molecule has 0 unspecified atom stereocenters. The van der Waals surface area contributed by atoms with E-state index in [9.17, 15) is 4.79 Å². The van der Waals surface area contributed by atoms with Crippen LogP contribution in [0.2, 0.25) is 0 Å². The van der Waals surface area contributed by atoms with Gasteiger partial charge in [0, 0.05) is 9.26 Å². The van der Waals surface area contributed by atoms with Gasteiger partial charge in [0.2, 0.25) is 0 Å². The maximum absolute atomic E-state index is 12.3. The largest absolute Gasteiger partial charge is 0.320 e. The molecule has 0 bridgehead atoms. The van der Waals surface area contributed by atoms with Crippen molar-refractivity contribution in [3.63, 3.8) is 0 Å². The molecule has 1 aromatic carbocycles. The van der Waals surface area contributed by atoms with E-state index in [-0.39, 0.29) is 5.91 Å². The van der Waals surface area contributed by atoms with Crippen molar-refractivity contribution in [1.29, 1.82) is 0 Å². The molecule has 0 radical (unpaired) electrons. The van der Waals surface area contributed by atoms with Crippen LogP contribution >= 0.6 is 22.6 Å². The van der Waals surface area contributed by atoms with Gasteiger partial charge < -0.3 is 5.32 Å². The second-order valence-electron chi connectivity index (χ2n) is 4.48. The monoisotopic (exact) mass is 366 g/mol. The van der Waals surface area contributed by atoms with Crippen molar-refractivity contribution in [3.05, 3.63) is 56.4 Å². The molecule has 98 valence electrons. The SMILES string of the molecule is Cc1ccc(NC(=O)c2cccc(C)c2I)c(C)n1. The van der Waals surface area contributed by atoms with Gasteiger partial charge >= 0.3 is 0 Å². The predicted molar refractivity (Wildman–Crippen MR) is 85.6 cm³/mol. The van der Waals surface area contributed by atoms with E-state index >= 15 is 0 Å². The molecule has 2 rings (SSSR count). The number of nitrogens with zero attached hydrogens (tertiary/aromatic N) is 1. The summed E-state index contributed by atoms with van der Waals surface area (Å²) < 4.78 is 0.982. The Bertz CT molecular complexity index is 638. The van der Waals surface area contributed by atoms with Gasteiger partial charge in [-0.05, 0) is 67.1 Å². The standard InChI is InChI=1S/C15H15IN2O/c1-9-5-4-6-12(14(9)16)15(19)18-13-8-7-10(2)17-11(13)3/h4-8H,1-3H3,(H,18,19). The van der Waals surface area contributed by atoms with Crippen LogP contribution in [0.1, 0.15) is 27.3 Å². The fourth-order valence-corrected chi connectivity index (χ4v) is 2.44. The third-order valence-electron chi connectivity index (χ3n) is 2.91. The Morgan fingerprint density at radius 2 is 1.89 bits per heavy atom. The van der Waals surface area contributed by atoms with Crippen LogP contribution in [0.3, 0.4) is 0 Å². The Kier molecular flexibility index (Phi) is 4.19. The highest BCUT2D eigenvalue weighted by molar-refractivity contribution is 14.1. The van der Waals surface area contributed by atoms with E-state index in [1.165, 1.54) is 0 Å². The van der Waals surface area contributed by atoms with Crippen LogP contribution in [0.4, 0.5) is 5.69 Å². The summed E-state index contributed by atoms with van der Waals surface area (Å²) in [6.07, 6.45) is 0. The summed E-state index contributed by atoms with van der Waals surface area (Å²) in [4.78, 5) is 16.6. The number of hydrogen-bond donors (Lipinski definition) is 1. The van der Waals surface area contributed by atoms with E-state index in [4.69, 9.17) is 0 Å². The normalized spacial score (nSPS) is 10.3. The maximum Gasteiger partial charge on any atom is 0.256 e. The summed E-state index contributed by atoms with van der Waals surface area (Å²) in [7, 11) is 0. The second-order valence-corrected chi connectivity index (χ2v) is 5.55. The van der Waals surface area contributed by atoms with Crippen molar-refractivity contribution in [1.82, 2.24) is 4.98 Å². The smallest absolute Gasteiger partial charge is 0.256 e. The van der Waals surface area contributed by atoms with Crippen LogP contribution in [0, 0.1) is 24.3 Å². The van der Waals surface area contributed by atoms with Gasteiger partial charge in [0.25, 0.3) is 5.91 Å². The van der Waals surface area contributed by atoms with E-state index in [0.29, 0.717) is 5.56 Å². The van der Waals surface area contributed by atoms with Crippen molar-refractivity contribution in [2.45, 2.75) is 20.8 Å². The Hall–Kier alpha value is -1.43. The molecule has 0 spiro atoms. The molecule has 0 saturated carbocycles. The van der Waals surface area contributed by atoms with E-state index in [1.54, 1.807) is 0 Å². The number of aromatic nitrogens is 1. The van der Waals surface area contributed by atoms with E-state index in [1.807, 2.05) is 51.1 Å². The van der Waals surface area contributed by atoms with E-state index in [2.05, 4.69) is 32.9 Å². The number of carbonyl (C=O) groups is 1. The molecule has 0 aliphatic carbocycles. The molecule has 0 aliphatic rings. The minimum atomic E-state index is -0.0955. The van der Waals surface area contributed by atoms with Crippen LogP contribution in [0.5, 0.6) is 0 Å². The Morgan fingerprint density at radius 3 is 2.58 bits per heavy atom. The molecule has 2 aromatic rings. The van der Waals surface area contributed by atoms with Gasteiger partial charge in [-0.25, -0.2) is 0 Å². The number of carbonyl (C=O) groups excluding carboxylic acids is 1. The van der Waals surface area contributed by atoms with Gasteiger partial charge in [0.05, 0.1) is 16.9 Å². The molecule has 3 nitrogen and oxygen atoms in total. The summed E-state index contributed by atoms with van der Waals surface area (Å²) in [6.45, 7) is 5.82. The highest BCUT2D eigenvalue weighted by Crippen LogP contribution is 2.19. The average Bonchev–Trinajstić information content (AvgIpc) is 2.36. The van der Waals surface area contributed by atoms with Crippen LogP contribution in [0.25, 0.3) is 0 Å². The van der Waals surface area contributed by atoms with Crippen molar-refractivity contribution < 1.29 is 4.79 Å². The fourth-order valence-electron chi connectivity index (χ4n) is 1.83. The van der Waals surface area contributed by atoms with Crippen LogP contribution in [0.15, 0.2) is 30.3 Å². The molecule has 19 heavy (non-hydrogen) atoms. The number of nitrogens with one attached hydrogen (secondary N) is 1. The summed E-state index contributed by atoms with van der Waals surface area (Å²) in [5, 5.41) is 2.92. The number of benzene rings is 1. The van der Waals surface area contributed by atoms with Gasteiger partial charge in [-0.1, -0.05) is 12.1 Å². The Balaban J connectivity index is 2.28. The minimum absolute atomic E-state index is 0.0955. The van der Waals surface area contributed by atoms with Crippen LogP contribution in [-0.4, -0.2) is 10.9 Å². The Morgan fingerprint density at radius 1 is 1.16 bits per heavy atom. The molecule has 0 aliphatic heterocycles.